The molecule has 0 bridgehead atoms. The normalized spacial score (nSPS) is 14.0. The fraction of sp³-hybridized carbons (Fsp3) is 0.238. The standard InChI is InChI=1S/C21H22N2O4S/c1-3-20(24)22-18-7-4-16(5-8-18)21(25)23-12-10-15-6-9-19(28(2,26)27)14-17(15)11-13-23/h3-9,14H,1,10-13H2,2H3,(H,22,24). The third-order valence-electron chi connectivity index (χ3n) is 4.78. The van der Waals surface area contributed by atoms with E-state index in [1.54, 1.807) is 41.3 Å². The van der Waals surface area contributed by atoms with Crippen LogP contribution < -0.4 is 5.32 Å². The van der Waals surface area contributed by atoms with Crippen LogP contribution in [-0.2, 0) is 27.5 Å². The fourth-order valence-corrected chi connectivity index (χ4v) is 3.88. The minimum atomic E-state index is -3.25. The Morgan fingerprint density at radius 2 is 1.68 bits per heavy atom. The number of sulfone groups is 1. The second kappa shape index (κ2) is 7.98. The van der Waals surface area contributed by atoms with Gasteiger partial charge in [0.25, 0.3) is 5.91 Å². The zero-order valence-electron chi connectivity index (χ0n) is 15.6. The summed E-state index contributed by atoms with van der Waals surface area (Å²) in [5, 5.41) is 2.65. The predicted octanol–water partition coefficient (Wildman–Crippen LogP) is 2.46. The molecule has 7 heteroatoms. The first-order valence-electron chi connectivity index (χ1n) is 8.92. The van der Waals surface area contributed by atoms with Gasteiger partial charge in [-0.25, -0.2) is 8.42 Å². The number of nitrogens with zero attached hydrogens (tertiary/aromatic N) is 1. The van der Waals surface area contributed by atoms with E-state index in [4.69, 9.17) is 0 Å². The van der Waals surface area contributed by atoms with Crippen molar-refractivity contribution in [2.45, 2.75) is 17.7 Å². The maximum atomic E-state index is 12.8. The van der Waals surface area contributed by atoms with Crippen LogP contribution in [0, 0.1) is 0 Å². The lowest BCUT2D eigenvalue weighted by Crippen LogP contribution is -2.33. The molecule has 0 aliphatic carbocycles. The van der Waals surface area contributed by atoms with Crippen LogP contribution in [0.4, 0.5) is 5.69 Å². The smallest absolute Gasteiger partial charge is 0.253 e. The second-order valence-corrected chi connectivity index (χ2v) is 8.78. The maximum Gasteiger partial charge on any atom is 0.253 e. The van der Waals surface area contributed by atoms with Gasteiger partial charge in [-0.1, -0.05) is 12.6 Å². The number of carbonyl (C=O) groups is 2. The number of anilines is 1. The SMILES string of the molecule is C=CC(=O)Nc1ccc(C(=O)N2CCc3ccc(S(C)(=O)=O)cc3CC2)cc1. The quantitative estimate of drug-likeness (QED) is 0.802. The Kier molecular flexibility index (Phi) is 5.65. The van der Waals surface area contributed by atoms with Gasteiger partial charge in [-0.05, 0) is 66.4 Å². The van der Waals surface area contributed by atoms with Crippen molar-refractivity contribution in [3.8, 4) is 0 Å². The Labute approximate surface area is 164 Å². The number of benzene rings is 2. The molecule has 28 heavy (non-hydrogen) atoms. The predicted molar refractivity (Wildman–Crippen MR) is 108 cm³/mol. The fourth-order valence-electron chi connectivity index (χ4n) is 3.21. The molecule has 0 saturated heterocycles. The van der Waals surface area contributed by atoms with E-state index in [0.717, 1.165) is 11.1 Å². The highest BCUT2D eigenvalue weighted by molar-refractivity contribution is 7.90. The van der Waals surface area contributed by atoms with Gasteiger partial charge >= 0.3 is 0 Å². The molecule has 6 nitrogen and oxygen atoms in total. The molecule has 0 saturated carbocycles. The zero-order valence-corrected chi connectivity index (χ0v) is 16.5. The average Bonchev–Trinajstić information content (AvgIpc) is 2.89. The summed E-state index contributed by atoms with van der Waals surface area (Å²) in [6, 6.07) is 11.9. The van der Waals surface area contributed by atoms with Crippen molar-refractivity contribution in [1.82, 2.24) is 4.90 Å². The highest BCUT2D eigenvalue weighted by Crippen LogP contribution is 2.21. The molecule has 2 aromatic carbocycles. The van der Waals surface area contributed by atoms with E-state index in [9.17, 15) is 18.0 Å². The number of fused-ring (bicyclic) bond motifs is 1. The van der Waals surface area contributed by atoms with Gasteiger partial charge in [-0.3, -0.25) is 9.59 Å². The molecule has 1 aliphatic heterocycles. The highest BCUT2D eigenvalue weighted by atomic mass is 32.2. The Hall–Kier alpha value is -2.93. The second-order valence-electron chi connectivity index (χ2n) is 6.77. The number of carbonyl (C=O) groups excluding carboxylic acids is 2. The summed E-state index contributed by atoms with van der Waals surface area (Å²) in [6.07, 6.45) is 3.67. The summed E-state index contributed by atoms with van der Waals surface area (Å²) < 4.78 is 23.6. The van der Waals surface area contributed by atoms with Crippen molar-refractivity contribution in [2.24, 2.45) is 0 Å². The topological polar surface area (TPSA) is 83.6 Å². The van der Waals surface area contributed by atoms with Crippen molar-refractivity contribution in [1.29, 1.82) is 0 Å². The molecule has 1 heterocycles. The van der Waals surface area contributed by atoms with Gasteiger partial charge in [0.05, 0.1) is 4.90 Å². The van der Waals surface area contributed by atoms with Crippen LogP contribution in [0.15, 0.2) is 60.0 Å². The van der Waals surface area contributed by atoms with Crippen LogP contribution in [0.25, 0.3) is 0 Å². The summed E-state index contributed by atoms with van der Waals surface area (Å²) in [7, 11) is -3.25. The van der Waals surface area contributed by atoms with Gasteiger partial charge in [-0.15, -0.1) is 0 Å². The molecular formula is C21H22N2O4S. The van der Waals surface area contributed by atoms with E-state index >= 15 is 0 Å². The molecule has 0 radical (unpaired) electrons. The molecule has 2 aromatic rings. The minimum Gasteiger partial charge on any atom is -0.338 e. The van der Waals surface area contributed by atoms with E-state index in [1.165, 1.54) is 12.3 Å². The van der Waals surface area contributed by atoms with E-state index in [0.29, 0.717) is 42.1 Å². The zero-order chi connectivity index (χ0) is 20.3. The van der Waals surface area contributed by atoms with E-state index in [1.807, 2.05) is 6.07 Å². The summed E-state index contributed by atoms with van der Waals surface area (Å²) in [5.41, 5.74) is 3.18. The highest BCUT2D eigenvalue weighted by Gasteiger charge is 2.21. The molecular weight excluding hydrogens is 376 g/mol. The van der Waals surface area contributed by atoms with Gasteiger partial charge in [-0.2, -0.15) is 0 Å². The van der Waals surface area contributed by atoms with Crippen molar-refractivity contribution in [2.75, 3.05) is 24.7 Å². The summed E-state index contributed by atoms with van der Waals surface area (Å²) in [5.74, 6) is -0.393. The molecule has 0 unspecified atom stereocenters. The first kappa shape index (κ1) is 19.8. The monoisotopic (exact) mass is 398 g/mol. The third kappa shape index (κ3) is 4.48. The van der Waals surface area contributed by atoms with Gasteiger partial charge in [0.2, 0.25) is 5.91 Å². The molecule has 0 spiro atoms. The number of rotatable bonds is 4. The number of nitrogens with one attached hydrogen (secondary N) is 1. The van der Waals surface area contributed by atoms with Crippen molar-refractivity contribution < 1.29 is 18.0 Å². The van der Waals surface area contributed by atoms with Crippen LogP contribution >= 0.6 is 0 Å². The Morgan fingerprint density at radius 3 is 2.29 bits per heavy atom. The molecule has 3 rings (SSSR count). The van der Waals surface area contributed by atoms with Gasteiger partial charge in [0.1, 0.15) is 0 Å². The summed E-state index contributed by atoms with van der Waals surface area (Å²) in [6.45, 7) is 4.49. The molecule has 0 aromatic heterocycles. The summed E-state index contributed by atoms with van der Waals surface area (Å²) >= 11 is 0. The van der Waals surface area contributed by atoms with Crippen LogP contribution in [0.5, 0.6) is 0 Å². The largest absolute Gasteiger partial charge is 0.338 e. The van der Waals surface area contributed by atoms with Gasteiger partial charge < -0.3 is 10.2 Å². The Morgan fingerprint density at radius 1 is 1.04 bits per heavy atom. The lowest BCUT2D eigenvalue weighted by Gasteiger charge is -2.20. The van der Waals surface area contributed by atoms with Crippen molar-refractivity contribution in [3.05, 3.63) is 71.8 Å². The number of hydrogen-bond acceptors (Lipinski definition) is 4. The van der Waals surface area contributed by atoms with E-state index in [2.05, 4.69) is 11.9 Å². The average molecular weight is 398 g/mol. The lowest BCUT2D eigenvalue weighted by molar-refractivity contribution is -0.111. The van der Waals surface area contributed by atoms with Crippen LogP contribution in [0.1, 0.15) is 21.5 Å². The van der Waals surface area contributed by atoms with Gasteiger partial charge in [0, 0.05) is 30.6 Å². The molecule has 1 aliphatic rings. The van der Waals surface area contributed by atoms with E-state index < -0.39 is 9.84 Å². The number of amides is 2. The first-order chi connectivity index (χ1) is 13.3. The molecule has 1 N–H and O–H groups in total. The van der Waals surface area contributed by atoms with Crippen molar-refractivity contribution in [3.63, 3.8) is 0 Å². The maximum absolute atomic E-state index is 12.8. The van der Waals surface area contributed by atoms with Crippen molar-refractivity contribution >= 4 is 27.3 Å². The van der Waals surface area contributed by atoms with E-state index in [-0.39, 0.29) is 11.8 Å². The first-order valence-corrected chi connectivity index (χ1v) is 10.8. The molecule has 2 amide bonds. The number of hydrogen-bond donors (Lipinski definition) is 1. The van der Waals surface area contributed by atoms with Crippen LogP contribution in [0.3, 0.4) is 0 Å². The van der Waals surface area contributed by atoms with Gasteiger partial charge in [0.15, 0.2) is 9.84 Å². The molecule has 146 valence electrons. The lowest BCUT2D eigenvalue weighted by atomic mass is 10.0. The third-order valence-corrected chi connectivity index (χ3v) is 5.89. The van der Waals surface area contributed by atoms with Crippen LogP contribution in [0.2, 0.25) is 0 Å². The summed E-state index contributed by atoms with van der Waals surface area (Å²) in [4.78, 5) is 26.3. The van der Waals surface area contributed by atoms with Crippen LogP contribution in [-0.4, -0.2) is 44.5 Å². The Bertz CT molecular complexity index is 1030. The minimum absolute atomic E-state index is 0.0854. The molecule has 0 atom stereocenters. The Balaban J connectivity index is 1.72. The molecule has 0 fully saturated rings.